The van der Waals surface area contributed by atoms with Crippen LogP contribution in [0.1, 0.15) is 10.4 Å². The molecule has 0 amide bonds. The molecule has 0 saturated carbocycles. The van der Waals surface area contributed by atoms with E-state index in [4.69, 9.17) is 14.2 Å². The minimum Gasteiger partial charge on any atom is -0.493 e. The monoisotopic (exact) mass is 370 g/mol. The van der Waals surface area contributed by atoms with Crippen LogP contribution >= 0.6 is 11.3 Å². The second-order valence-corrected chi connectivity index (χ2v) is 6.58. The molecule has 2 heterocycles. The quantitative estimate of drug-likeness (QED) is 0.549. The first kappa shape index (κ1) is 18.2. The van der Waals surface area contributed by atoms with E-state index in [0.29, 0.717) is 19.1 Å². The molecule has 3 rings (SSSR count). The first-order valence-electron chi connectivity index (χ1n) is 8.42. The molecule has 0 spiro atoms. The predicted octanol–water partition coefficient (Wildman–Crippen LogP) is 3.90. The molecule has 2 aromatic heterocycles. The summed E-state index contributed by atoms with van der Waals surface area (Å²) in [5.41, 5.74) is 1.13. The fourth-order valence-electron chi connectivity index (χ4n) is 2.38. The van der Waals surface area contributed by atoms with Gasteiger partial charge in [0.1, 0.15) is 13.2 Å². The van der Waals surface area contributed by atoms with Crippen LogP contribution in [0.4, 0.5) is 0 Å². The first-order chi connectivity index (χ1) is 12.8. The van der Waals surface area contributed by atoms with Crippen LogP contribution in [0.2, 0.25) is 0 Å². The van der Waals surface area contributed by atoms with Crippen LogP contribution in [0, 0.1) is 0 Å². The van der Waals surface area contributed by atoms with Crippen molar-refractivity contribution in [2.24, 2.45) is 0 Å². The number of benzene rings is 1. The van der Waals surface area contributed by atoms with Gasteiger partial charge in [-0.2, -0.15) is 0 Å². The Labute approximate surface area is 157 Å². The van der Waals surface area contributed by atoms with Crippen LogP contribution in [0.25, 0.3) is 0 Å². The van der Waals surface area contributed by atoms with Crippen molar-refractivity contribution in [2.75, 3.05) is 20.3 Å². The van der Waals surface area contributed by atoms with Gasteiger partial charge in [0, 0.05) is 30.2 Å². The summed E-state index contributed by atoms with van der Waals surface area (Å²) in [6, 6.07) is 15.7. The number of nitrogens with one attached hydrogen (secondary N) is 1. The maximum atomic E-state index is 5.86. The highest BCUT2D eigenvalue weighted by atomic mass is 32.1. The van der Waals surface area contributed by atoms with E-state index in [9.17, 15) is 0 Å². The van der Waals surface area contributed by atoms with Gasteiger partial charge in [-0.25, -0.2) is 4.98 Å². The highest BCUT2D eigenvalue weighted by Gasteiger charge is 2.06. The Kier molecular flexibility index (Phi) is 6.87. The van der Waals surface area contributed by atoms with Crippen LogP contribution in [0.5, 0.6) is 17.4 Å². The lowest BCUT2D eigenvalue weighted by Gasteiger charge is -2.12. The number of pyridine rings is 1. The summed E-state index contributed by atoms with van der Waals surface area (Å²) in [4.78, 5) is 5.31. The van der Waals surface area contributed by atoms with Crippen molar-refractivity contribution >= 4 is 11.3 Å². The summed E-state index contributed by atoms with van der Waals surface area (Å²) in [5.74, 6) is 2.14. The van der Waals surface area contributed by atoms with Gasteiger partial charge in [-0.05, 0) is 35.2 Å². The highest BCUT2D eigenvalue weighted by Crippen LogP contribution is 2.29. The molecule has 1 aromatic carbocycles. The molecule has 136 valence electrons. The average Bonchev–Trinajstić information content (AvgIpc) is 3.21. The highest BCUT2D eigenvalue weighted by molar-refractivity contribution is 7.09. The number of hydrogen-bond donors (Lipinski definition) is 1. The van der Waals surface area contributed by atoms with Gasteiger partial charge in [-0.1, -0.05) is 18.2 Å². The molecule has 6 heteroatoms. The van der Waals surface area contributed by atoms with E-state index in [0.717, 1.165) is 30.2 Å². The molecule has 0 atom stereocenters. The van der Waals surface area contributed by atoms with Gasteiger partial charge >= 0.3 is 0 Å². The molecule has 0 aliphatic carbocycles. The third-order valence-electron chi connectivity index (χ3n) is 3.67. The number of nitrogens with zero attached hydrogens (tertiary/aromatic N) is 1. The van der Waals surface area contributed by atoms with Gasteiger partial charge in [0.15, 0.2) is 11.5 Å². The normalized spacial score (nSPS) is 10.5. The van der Waals surface area contributed by atoms with Crippen molar-refractivity contribution in [1.29, 1.82) is 0 Å². The van der Waals surface area contributed by atoms with Crippen LogP contribution in [-0.4, -0.2) is 25.2 Å². The number of ether oxygens (including phenoxy) is 3. The number of hydrogen-bond acceptors (Lipinski definition) is 6. The molecule has 0 aliphatic heterocycles. The van der Waals surface area contributed by atoms with E-state index in [2.05, 4.69) is 16.4 Å². The molecule has 0 fully saturated rings. The number of rotatable bonds is 10. The van der Waals surface area contributed by atoms with E-state index < -0.39 is 0 Å². The molecule has 5 nitrogen and oxygen atoms in total. The zero-order valence-corrected chi connectivity index (χ0v) is 15.5. The summed E-state index contributed by atoms with van der Waals surface area (Å²) in [7, 11) is 1.66. The Morgan fingerprint density at radius 2 is 2.00 bits per heavy atom. The van der Waals surface area contributed by atoms with Gasteiger partial charge in [-0.15, -0.1) is 11.3 Å². The van der Waals surface area contributed by atoms with E-state index >= 15 is 0 Å². The predicted molar refractivity (Wildman–Crippen MR) is 103 cm³/mol. The van der Waals surface area contributed by atoms with E-state index in [1.54, 1.807) is 24.6 Å². The SMILES string of the molecule is COc1cc(CNCCOc2ccccn2)ccc1OCc1cccs1. The van der Waals surface area contributed by atoms with Crippen LogP contribution in [0.3, 0.4) is 0 Å². The number of thiophene rings is 1. The van der Waals surface area contributed by atoms with Crippen molar-refractivity contribution in [2.45, 2.75) is 13.2 Å². The van der Waals surface area contributed by atoms with Crippen molar-refractivity contribution in [3.8, 4) is 17.4 Å². The van der Waals surface area contributed by atoms with Gasteiger partial charge in [0.25, 0.3) is 0 Å². The Hall–Kier alpha value is -2.57. The molecule has 0 bridgehead atoms. The lowest BCUT2D eigenvalue weighted by Crippen LogP contribution is -2.20. The molecule has 0 unspecified atom stereocenters. The minimum absolute atomic E-state index is 0.552. The fourth-order valence-corrected chi connectivity index (χ4v) is 2.99. The third kappa shape index (κ3) is 5.47. The van der Waals surface area contributed by atoms with Crippen LogP contribution in [0.15, 0.2) is 60.1 Å². The maximum absolute atomic E-state index is 5.86. The summed E-state index contributed by atoms with van der Waals surface area (Å²) >= 11 is 1.68. The lowest BCUT2D eigenvalue weighted by molar-refractivity contribution is 0.287. The molecule has 1 N–H and O–H groups in total. The van der Waals surface area contributed by atoms with Gasteiger partial charge in [0.05, 0.1) is 7.11 Å². The second kappa shape index (κ2) is 9.79. The van der Waals surface area contributed by atoms with Crippen molar-refractivity contribution in [3.63, 3.8) is 0 Å². The molecule has 0 radical (unpaired) electrons. The largest absolute Gasteiger partial charge is 0.493 e. The summed E-state index contributed by atoms with van der Waals surface area (Å²) in [6.45, 7) is 2.58. The molecule has 0 aliphatic rings. The molecular weight excluding hydrogens is 348 g/mol. The zero-order chi connectivity index (χ0) is 18.0. The number of methoxy groups -OCH3 is 1. The Bertz CT molecular complexity index is 779. The van der Waals surface area contributed by atoms with E-state index in [-0.39, 0.29) is 0 Å². The topological polar surface area (TPSA) is 52.6 Å². The zero-order valence-electron chi connectivity index (χ0n) is 14.7. The molecule has 0 saturated heterocycles. The maximum Gasteiger partial charge on any atom is 0.213 e. The molecule has 26 heavy (non-hydrogen) atoms. The minimum atomic E-state index is 0.552. The first-order valence-corrected chi connectivity index (χ1v) is 9.30. The smallest absolute Gasteiger partial charge is 0.213 e. The standard InChI is InChI=1S/C20H22N2O3S/c1-23-19-13-16(7-8-18(19)25-15-17-5-4-12-26-17)14-21-10-11-24-20-6-2-3-9-22-20/h2-9,12-13,21H,10-11,14-15H2,1H3. The summed E-state index contributed by atoms with van der Waals surface area (Å²) in [6.07, 6.45) is 1.72. The molecule has 3 aromatic rings. The van der Waals surface area contributed by atoms with Crippen LogP contribution in [-0.2, 0) is 13.2 Å². The Morgan fingerprint density at radius 1 is 1.04 bits per heavy atom. The van der Waals surface area contributed by atoms with Gasteiger partial charge in [-0.3, -0.25) is 0 Å². The Morgan fingerprint density at radius 3 is 2.77 bits per heavy atom. The molecular formula is C20H22N2O3S. The van der Waals surface area contributed by atoms with Gasteiger partial charge < -0.3 is 19.5 Å². The number of aromatic nitrogens is 1. The van der Waals surface area contributed by atoms with Gasteiger partial charge in [0.2, 0.25) is 5.88 Å². The Balaban J connectivity index is 1.44. The van der Waals surface area contributed by atoms with Crippen molar-refractivity contribution in [3.05, 3.63) is 70.5 Å². The van der Waals surface area contributed by atoms with Crippen LogP contribution < -0.4 is 19.5 Å². The second-order valence-electron chi connectivity index (χ2n) is 5.55. The lowest BCUT2D eigenvalue weighted by atomic mass is 10.2. The van der Waals surface area contributed by atoms with Crippen molar-refractivity contribution < 1.29 is 14.2 Å². The summed E-state index contributed by atoms with van der Waals surface area (Å²) < 4.78 is 16.9. The summed E-state index contributed by atoms with van der Waals surface area (Å²) in [5, 5.41) is 5.39. The fraction of sp³-hybridized carbons (Fsp3) is 0.250. The van der Waals surface area contributed by atoms with E-state index in [1.807, 2.05) is 47.8 Å². The average molecular weight is 370 g/mol. The third-order valence-corrected chi connectivity index (χ3v) is 4.52. The van der Waals surface area contributed by atoms with E-state index in [1.165, 1.54) is 4.88 Å². The van der Waals surface area contributed by atoms with Crippen molar-refractivity contribution in [1.82, 2.24) is 10.3 Å².